The third kappa shape index (κ3) is 3.28. The standard InChI is InChI=1S/C13H20N2O2S.ClH/c1-11-6-2-3-8-13(11)18(16,17)15-9-5-4-7-12(15)10-14;/h2-3,6,8,12H,4-5,7,9-10,14H2,1H3;1H. The van der Waals surface area contributed by atoms with Crippen LogP contribution in [0.2, 0.25) is 0 Å². The molecule has 108 valence electrons. The Bertz CT molecular complexity index is 519. The van der Waals surface area contributed by atoms with Crippen molar-refractivity contribution in [2.24, 2.45) is 5.73 Å². The van der Waals surface area contributed by atoms with Gasteiger partial charge in [0.15, 0.2) is 0 Å². The Hall–Kier alpha value is -0.620. The molecule has 4 nitrogen and oxygen atoms in total. The van der Waals surface area contributed by atoms with Crippen LogP contribution in [0.25, 0.3) is 0 Å². The van der Waals surface area contributed by atoms with Crippen LogP contribution in [-0.2, 0) is 10.0 Å². The molecule has 0 spiro atoms. The highest BCUT2D eigenvalue weighted by Crippen LogP contribution is 2.26. The van der Waals surface area contributed by atoms with Crippen molar-refractivity contribution in [2.75, 3.05) is 13.1 Å². The van der Waals surface area contributed by atoms with Crippen LogP contribution >= 0.6 is 12.4 Å². The summed E-state index contributed by atoms with van der Waals surface area (Å²) in [6, 6.07) is 7.07. The lowest BCUT2D eigenvalue weighted by molar-refractivity contribution is 0.257. The third-order valence-corrected chi connectivity index (χ3v) is 5.64. The zero-order valence-electron chi connectivity index (χ0n) is 11.1. The van der Waals surface area contributed by atoms with Crippen molar-refractivity contribution >= 4 is 22.4 Å². The van der Waals surface area contributed by atoms with E-state index in [0.717, 1.165) is 24.8 Å². The molecule has 1 heterocycles. The van der Waals surface area contributed by atoms with Crippen molar-refractivity contribution in [3.8, 4) is 0 Å². The van der Waals surface area contributed by atoms with Gasteiger partial charge in [-0.05, 0) is 31.4 Å². The number of halogens is 1. The molecule has 2 N–H and O–H groups in total. The highest BCUT2D eigenvalue weighted by atomic mass is 35.5. The molecule has 1 aromatic rings. The summed E-state index contributed by atoms with van der Waals surface area (Å²) < 4.78 is 26.9. The van der Waals surface area contributed by atoms with Crippen molar-refractivity contribution in [2.45, 2.75) is 37.1 Å². The minimum Gasteiger partial charge on any atom is -0.329 e. The summed E-state index contributed by atoms with van der Waals surface area (Å²) in [6.07, 6.45) is 2.84. The van der Waals surface area contributed by atoms with E-state index in [1.54, 1.807) is 16.4 Å². The molecule has 0 aromatic heterocycles. The Labute approximate surface area is 121 Å². The minimum absolute atomic E-state index is 0. The van der Waals surface area contributed by atoms with E-state index in [-0.39, 0.29) is 18.4 Å². The number of aryl methyl sites for hydroxylation is 1. The molecule has 1 atom stereocenters. The van der Waals surface area contributed by atoms with E-state index in [1.165, 1.54) is 0 Å². The first-order chi connectivity index (χ1) is 8.57. The van der Waals surface area contributed by atoms with Crippen LogP contribution in [0.1, 0.15) is 24.8 Å². The number of nitrogens with two attached hydrogens (primary N) is 1. The molecule has 1 aliphatic heterocycles. The van der Waals surface area contributed by atoms with Crippen molar-refractivity contribution in [3.05, 3.63) is 29.8 Å². The van der Waals surface area contributed by atoms with Crippen LogP contribution in [-0.4, -0.2) is 31.9 Å². The minimum atomic E-state index is -3.40. The summed E-state index contributed by atoms with van der Waals surface area (Å²) in [5.74, 6) is 0. The average molecular weight is 305 g/mol. The molecule has 1 unspecified atom stereocenters. The number of nitrogens with zero attached hydrogens (tertiary/aromatic N) is 1. The highest BCUT2D eigenvalue weighted by molar-refractivity contribution is 7.89. The van der Waals surface area contributed by atoms with Gasteiger partial charge < -0.3 is 5.73 Å². The molecule has 1 fully saturated rings. The molecular formula is C13H21ClN2O2S. The molecule has 0 saturated carbocycles. The Balaban J connectivity index is 0.00000180. The molecule has 1 saturated heterocycles. The monoisotopic (exact) mass is 304 g/mol. The first-order valence-corrected chi connectivity index (χ1v) is 7.79. The van der Waals surface area contributed by atoms with Gasteiger partial charge in [-0.1, -0.05) is 24.6 Å². The Morgan fingerprint density at radius 1 is 1.32 bits per heavy atom. The van der Waals surface area contributed by atoms with Crippen LogP contribution in [0.5, 0.6) is 0 Å². The number of sulfonamides is 1. The smallest absolute Gasteiger partial charge is 0.243 e. The van der Waals surface area contributed by atoms with Crippen LogP contribution in [0.15, 0.2) is 29.2 Å². The normalized spacial score (nSPS) is 20.8. The zero-order valence-corrected chi connectivity index (χ0v) is 12.7. The lowest BCUT2D eigenvalue weighted by Gasteiger charge is -2.34. The maximum atomic E-state index is 12.6. The number of hydrogen-bond acceptors (Lipinski definition) is 3. The van der Waals surface area contributed by atoms with E-state index in [4.69, 9.17) is 5.73 Å². The second-order valence-electron chi connectivity index (χ2n) is 4.77. The fourth-order valence-corrected chi connectivity index (χ4v) is 4.43. The van der Waals surface area contributed by atoms with Crippen LogP contribution in [0, 0.1) is 6.92 Å². The van der Waals surface area contributed by atoms with E-state index < -0.39 is 10.0 Å². The SMILES string of the molecule is Cc1ccccc1S(=O)(=O)N1CCCCC1CN.Cl. The van der Waals surface area contributed by atoms with Gasteiger partial charge in [0.2, 0.25) is 10.0 Å². The van der Waals surface area contributed by atoms with E-state index in [1.807, 2.05) is 19.1 Å². The van der Waals surface area contributed by atoms with E-state index >= 15 is 0 Å². The summed E-state index contributed by atoms with van der Waals surface area (Å²) in [5.41, 5.74) is 6.49. The summed E-state index contributed by atoms with van der Waals surface area (Å²) >= 11 is 0. The first-order valence-electron chi connectivity index (χ1n) is 6.35. The molecular weight excluding hydrogens is 284 g/mol. The molecule has 2 rings (SSSR count). The average Bonchev–Trinajstić information content (AvgIpc) is 2.39. The van der Waals surface area contributed by atoms with Gasteiger partial charge in [-0.3, -0.25) is 0 Å². The van der Waals surface area contributed by atoms with Gasteiger partial charge >= 0.3 is 0 Å². The summed E-state index contributed by atoms with van der Waals surface area (Å²) in [7, 11) is -3.40. The molecule has 0 radical (unpaired) electrons. The van der Waals surface area contributed by atoms with Gasteiger partial charge in [-0.15, -0.1) is 12.4 Å². The second kappa shape index (κ2) is 6.70. The highest BCUT2D eigenvalue weighted by Gasteiger charge is 2.33. The van der Waals surface area contributed by atoms with E-state index in [0.29, 0.717) is 18.0 Å². The molecule has 1 aliphatic rings. The molecule has 19 heavy (non-hydrogen) atoms. The van der Waals surface area contributed by atoms with Crippen molar-refractivity contribution in [3.63, 3.8) is 0 Å². The number of benzene rings is 1. The first kappa shape index (κ1) is 16.4. The van der Waals surface area contributed by atoms with Crippen LogP contribution in [0.3, 0.4) is 0 Å². The van der Waals surface area contributed by atoms with Gasteiger partial charge in [0.1, 0.15) is 0 Å². The molecule has 0 aliphatic carbocycles. The van der Waals surface area contributed by atoms with Gasteiger partial charge in [0, 0.05) is 19.1 Å². The van der Waals surface area contributed by atoms with Gasteiger partial charge in [0.05, 0.1) is 4.90 Å². The van der Waals surface area contributed by atoms with E-state index in [9.17, 15) is 8.42 Å². The van der Waals surface area contributed by atoms with Crippen molar-refractivity contribution in [1.29, 1.82) is 0 Å². The quantitative estimate of drug-likeness (QED) is 0.928. The number of rotatable bonds is 3. The van der Waals surface area contributed by atoms with Crippen LogP contribution in [0.4, 0.5) is 0 Å². The molecule has 6 heteroatoms. The van der Waals surface area contributed by atoms with Crippen LogP contribution < -0.4 is 5.73 Å². The molecule has 1 aromatic carbocycles. The van der Waals surface area contributed by atoms with Crippen molar-refractivity contribution in [1.82, 2.24) is 4.31 Å². The van der Waals surface area contributed by atoms with Crippen molar-refractivity contribution < 1.29 is 8.42 Å². The zero-order chi connectivity index (χ0) is 13.2. The maximum Gasteiger partial charge on any atom is 0.243 e. The lowest BCUT2D eigenvalue weighted by Crippen LogP contribution is -2.47. The van der Waals surface area contributed by atoms with Gasteiger partial charge in [-0.25, -0.2) is 8.42 Å². The Morgan fingerprint density at radius 2 is 2.00 bits per heavy atom. The third-order valence-electron chi connectivity index (χ3n) is 3.53. The fraction of sp³-hybridized carbons (Fsp3) is 0.538. The maximum absolute atomic E-state index is 12.6. The summed E-state index contributed by atoms with van der Waals surface area (Å²) in [5, 5.41) is 0. The fourth-order valence-electron chi connectivity index (χ4n) is 2.50. The largest absolute Gasteiger partial charge is 0.329 e. The lowest BCUT2D eigenvalue weighted by atomic mass is 10.1. The predicted molar refractivity (Wildman–Crippen MR) is 79.0 cm³/mol. The number of piperidine rings is 1. The Kier molecular flexibility index (Phi) is 5.80. The predicted octanol–water partition coefficient (Wildman–Crippen LogP) is 1.92. The van der Waals surface area contributed by atoms with Gasteiger partial charge in [-0.2, -0.15) is 4.31 Å². The summed E-state index contributed by atoms with van der Waals surface area (Å²) in [6.45, 7) is 2.80. The van der Waals surface area contributed by atoms with Gasteiger partial charge in [0.25, 0.3) is 0 Å². The van der Waals surface area contributed by atoms with E-state index in [2.05, 4.69) is 0 Å². The Morgan fingerprint density at radius 3 is 2.63 bits per heavy atom. The second-order valence-corrected chi connectivity index (χ2v) is 6.63. The molecule has 0 bridgehead atoms. The topological polar surface area (TPSA) is 63.4 Å². The number of hydrogen-bond donors (Lipinski definition) is 1. The molecule has 0 amide bonds. The summed E-state index contributed by atoms with van der Waals surface area (Å²) in [4.78, 5) is 0.408.